The summed E-state index contributed by atoms with van der Waals surface area (Å²) in [6.07, 6.45) is 1.17. The van der Waals surface area contributed by atoms with Gasteiger partial charge in [0.15, 0.2) is 0 Å². The monoisotopic (exact) mass is 308 g/mol. The number of carbonyl (C=O) groups is 1. The van der Waals surface area contributed by atoms with Gasteiger partial charge in [-0.2, -0.15) is 0 Å². The molecule has 1 aromatic heterocycles. The Hall–Kier alpha value is -2.08. The van der Waals surface area contributed by atoms with Crippen molar-refractivity contribution in [3.8, 4) is 5.75 Å². The molecule has 3 N–H and O–H groups in total. The molecule has 1 amide bonds. The van der Waals surface area contributed by atoms with Gasteiger partial charge in [0.25, 0.3) is 11.5 Å². The zero-order chi connectivity index (χ0) is 13.1. The van der Waals surface area contributed by atoms with Crippen molar-refractivity contribution in [2.45, 2.75) is 0 Å². The zero-order valence-electron chi connectivity index (χ0n) is 9.11. The standard InChI is InChI=1S/C12H9BrN2O3/c13-7-2-1-3-8(4-7)15-12(18)9-6-14-11(17)5-10(9)16/h1-6H,(H,15,18)(H2,14,16,17). The lowest BCUT2D eigenvalue weighted by Gasteiger charge is -2.06. The Morgan fingerprint density at radius 2 is 2.11 bits per heavy atom. The van der Waals surface area contributed by atoms with Crippen molar-refractivity contribution >= 4 is 27.5 Å². The van der Waals surface area contributed by atoms with Gasteiger partial charge in [0.2, 0.25) is 0 Å². The van der Waals surface area contributed by atoms with Crippen LogP contribution in [0.1, 0.15) is 10.4 Å². The van der Waals surface area contributed by atoms with Crippen LogP contribution >= 0.6 is 15.9 Å². The molecule has 0 unspecified atom stereocenters. The minimum Gasteiger partial charge on any atom is -0.507 e. The number of hydrogen-bond acceptors (Lipinski definition) is 3. The van der Waals surface area contributed by atoms with E-state index in [1.807, 2.05) is 6.07 Å². The summed E-state index contributed by atoms with van der Waals surface area (Å²) in [7, 11) is 0. The van der Waals surface area contributed by atoms with Crippen molar-refractivity contribution in [1.29, 1.82) is 0 Å². The van der Waals surface area contributed by atoms with Gasteiger partial charge in [-0.3, -0.25) is 9.59 Å². The van der Waals surface area contributed by atoms with Crippen LogP contribution in [-0.4, -0.2) is 16.0 Å². The number of anilines is 1. The molecule has 0 aliphatic rings. The van der Waals surface area contributed by atoms with E-state index in [1.165, 1.54) is 6.20 Å². The van der Waals surface area contributed by atoms with Gasteiger partial charge in [0, 0.05) is 22.4 Å². The van der Waals surface area contributed by atoms with E-state index in [2.05, 4.69) is 26.2 Å². The Balaban J connectivity index is 2.25. The van der Waals surface area contributed by atoms with E-state index in [0.717, 1.165) is 10.5 Å². The molecule has 0 spiro atoms. The molecule has 92 valence electrons. The van der Waals surface area contributed by atoms with E-state index in [4.69, 9.17) is 0 Å². The normalized spacial score (nSPS) is 10.1. The van der Waals surface area contributed by atoms with Crippen LogP contribution in [0.5, 0.6) is 5.75 Å². The number of aromatic amines is 1. The number of aromatic nitrogens is 1. The highest BCUT2D eigenvalue weighted by Gasteiger charge is 2.11. The third-order valence-electron chi connectivity index (χ3n) is 2.23. The van der Waals surface area contributed by atoms with Gasteiger partial charge >= 0.3 is 0 Å². The molecule has 0 radical (unpaired) electrons. The van der Waals surface area contributed by atoms with Gasteiger partial charge in [-0.1, -0.05) is 22.0 Å². The Bertz CT molecular complexity index is 652. The number of nitrogens with one attached hydrogen (secondary N) is 2. The highest BCUT2D eigenvalue weighted by atomic mass is 79.9. The lowest BCUT2D eigenvalue weighted by Crippen LogP contribution is -2.15. The first-order valence-corrected chi connectivity index (χ1v) is 5.84. The van der Waals surface area contributed by atoms with Crippen molar-refractivity contribution in [3.05, 3.63) is 56.9 Å². The minimum absolute atomic E-state index is 0.00887. The summed E-state index contributed by atoms with van der Waals surface area (Å²) >= 11 is 3.28. The largest absolute Gasteiger partial charge is 0.507 e. The average molecular weight is 309 g/mol. The summed E-state index contributed by atoms with van der Waals surface area (Å²) in [6, 6.07) is 7.99. The van der Waals surface area contributed by atoms with Crippen LogP contribution in [0.15, 0.2) is 45.8 Å². The van der Waals surface area contributed by atoms with Crippen molar-refractivity contribution in [1.82, 2.24) is 4.98 Å². The number of carbonyl (C=O) groups excluding carboxylic acids is 1. The number of H-pyrrole nitrogens is 1. The summed E-state index contributed by atoms with van der Waals surface area (Å²) in [5, 5.41) is 12.1. The maximum absolute atomic E-state index is 11.8. The Labute approximate surface area is 111 Å². The van der Waals surface area contributed by atoms with Gasteiger partial charge in [-0.05, 0) is 18.2 Å². The zero-order valence-corrected chi connectivity index (χ0v) is 10.7. The van der Waals surface area contributed by atoms with Crippen molar-refractivity contribution in [3.63, 3.8) is 0 Å². The maximum atomic E-state index is 11.8. The molecule has 0 bridgehead atoms. The number of benzene rings is 1. The fraction of sp³-hybridized carbons (Fsp3) is 0. The van der Waals surface area contributed by atoms with Crippen LogP contribution in [0.25, 0.3) is 0 Å². The van der Waals surface area contributed by atoms with Crippen LogP contribution in [0.2, 0.25) is 0 Å². The molecular formula is C12H9BrN2O3. The first-order valence-electron chi connectivity index (χ1n) is 5.05. The number of hydrogen-bond donors (Lipinski definition) is 3. The van der Waals surface area contributed by atoms with Crippen molar-refractivity contribution < 1.29 is 9.90 Å². The third-order valence-corrected chi connectivity index (χ3v) is 2.72. The highest BCUT2D eigenvalue weighted by molar-refractivity contribution is 9.10. The molecule has 1 aromatic carbocycles. The quantitative estimate of drug-likeness (QED) is 0.794. The summed E-state index contributed by atoms with van der Waals surface area (Å²) < 4.78 is 0.825. The smallest absolute Gasteiger partial charge is 0.260 e. The van der Waals surface area contributed by atoms with Crippen LogP contribution in [0.4, 0.5) is 5.69 Å². The van der Waals surface area contributed by atoms with E-state index in [1.54, 1.807) is 18.2 Å². The van der Waals surface area contributed by atoms with Crippen LogP contribution in [0, 0.1) is 0 Å². The summed E-state index contributed by atoms with van der Waals surface area (Å²) in [5.41, 5.74) is 0.126. The van der Waals surface area contributed by atoms with E-state index >= 15 is 0 Å². The molecule has 5 nitrogen and oxygen atoms in total. The lowest BCUT2D eigenvalue weighted by molar-refractivity contribution is 0.102. The number of pyridine rings is 1. The second kappa shape index (κ2) is 5.05. The Morgan fingerprint density at radius 1 is 1.33 bits per heavy atom. The first-order chi connectivity index (χ1) is 8.56. The van der Waals surface area contributed by atoms with Crippen molar-refractivity contribution in [2.24, 2.45) is 0 Å². The van der Waals surface area contributed by atoms with E-state index < -0.39 is 11.5 Å². The summed E-state index contributed by atoms with van der Waals surface area (Å²) in [4.78, 5) is 25.1. The van der Waals surface area contributed by atoms with E-state index in [9.17, 15) is 14.7 Å². The molecule has 0 saturated heterocycles. The first kappa shape index (κ1) is 12.4. The molecule has 0 aliphatic carbocycles. The molecule has 0 saturated carbocycles. The highest BCUT2D eigenvalue weighted by Crippen LogP contribution is 2.18. The molecule has 0 atom stereocenters. The molecule has 0 fully saturated rings. The predicted molar refractivity (Wildman–Crippen MR) is 70.8 cm³/mol. The molecule has 1 heterocycles. The molecule has 18 heavy (non-hydrogen) atoms. The van der Waals surface area contributed by atoms with Gasteiger partial charge in [0.05, 0.1) is 5.56 Å². The third kappa shape index (κ3) is 2.78. The van der Waals surface area contributed by atoms with Crippen LogP contribution < -0.4 is 10.9 Å². The second-order valence-electron chi connectivity index (χ2n) is 3.56. The summed E-state index contributed by atoms with van der Waals surface area (Å²) in [6.45, 7) is 0. The fourth-order valence-electron chi connectivity index (χ4n) is 1.41. The van der Waals surface area contributed by atoms with Crippen molar-refractivity contribution in [2.75, 3.05) is 5.32 Å². The topological polar surface area (TPSA) is 82.2 Å². The van der Waals surface area contributed by atoms with E-state index in [-0.39, 0.29) is 11.3 Å². The fourth-order valence-corrected chi connectivity index (χ4v) is 1.81. The van der Waals surface area contributed by atoms with Crippen LogP contribution in [-0.2, 0) is 0 Å². The molecule has 6 heteroatoms. The predicted octanol–water partition coefficient (Wildman–Crippen LogP) is 2.10. The van der Waals surface area contributed by atoms with Crippen LogP contribution in [0.3, 0.4) is 0 Å². The molecule has 0 aliphatic heterocycles. The molecular weight excluding hydrogens is 300 g/mol. The van der Waals surface area contributed by atoms with Gasteiger partial charge in [-0.25, -0.2) is 0 Å². The number of amides is 1. The average Bonchev–Trinajstić information content (AvgIpc) is 2.28. The van der Waals surface area contributed by atoms with E-state index in [0.29, 0.717) is 5.69 Å². The van der Waals surface area contributed by atoms with Gasteiger partial charge in [-0.15, -0.1) is 0 Å². The maximum Gasteiger partial charge on any atom is 0.260 e. The van der Waals surface area contributed by atoms with Gasteiger partial charge in [0.1, 0.15) is 5.75 Å². The molecule has 2 aromatic rings. The van der Waals surface area contributed by atoms with Gasteiger partial charge < -0.3 is 15.4 Å². The second-order valence-corrected chi connectivity index (χ2v) is 4.48. The SMILES string of the molecule is O=C(Nc1cccc(Br)c1)c1c[nH]c(=O)cc1O. The number of halogens is 1. The number of aromatic hydroxyl groups is 1. The summed E-state index contributed by atoms with van der Waals surface area (Å²) in [5.74, 6) is -0.854. The molecule has 2 rings (SSSR count). The Kier molecular flexibility index (Phi) is 3.47. The minimum atomic E-state index is -0.498. The lowest BCUT2D eigenvalue weighted by atomic mass is 10.2. The number of rotatable bonds is 2. The Morgan fingerprint density at radius 3 is 2.78 bits per heavy atom.